The van der Waals surface area contributed by atoms with Crippen LogP contribution in [0.5, 0.6) is 0 Å². The third kappa shape index (κ3) is 7.59. The van der Waals surface area contributed by atoms with E-state index in [4.69, 9.17) is 5.73 Å². The van der Waals surface area contributed by atoms with Crippen LogP contribution < -0.4 is 5.73 Å². The Hall–Kier alpha value is -1.19. The molecule has 3 heteroatoms. The summed E-state index contributed by atoms with van der Waals surface area (Å²) in [5.41, 5.74) is 4.99. The minimum absolute atomic E-state index is 0.158. The number of hydrogen-bond acceptors (Lipinski definition) is 3. The van der Waals surface area contributed by atoms with Gasteiger partial charge in [-0.3, -0.25) is 4.79 Å². The van der Waals surface area contributed by atoms with Gasteiger partial charge in [-0.15, -0.1) is 0 Å². The average Bonchev–Trinajstić information content (AvgIpc) is 2.65. The molecule has 1 aromatic carbocycles. The zero-order valence-corrected chi connectivity index (χ0v) is 16.9. The van der Waals surface area contributed by atoms with Crippen molar-refractivity contribution in [2.45, 2.75) is 103 Å². The van der Waals surface area contributed by atoms with E-state index >= 15 is 0 Å². The quantitative estimate of drug-likeness (QED) is 0.406. The van der Waals surface area contributed by atoms with E-state index in [-0.39, 0.29) is 5.78 Å². The van der Waals surface area contributed by atoms with Crippen LogP contribution in [-0.2, 0) is 10.4 Å². The van der Waals surface area contributed by atoms with Crippen LogP contribution >= 0.6 is 0 Å². The Morgan fingerprint density at radius 1 is 0.923 bits per heavy atom. The van der Waals surface area contributed by atoms with Crippen LogP contribution in [-0.4, -0.2) is 16.9 Å². The molecule has 0 heterocycles. The second-order valence-electron chi connectivity index (χ2n) is 7.63. The number of Topliss-reactive ketones (excluding diaryl/α,β-unsaturated/α-hetero) is 1. The first-order valence-electron chi connectivity index (χ1n) is 10.6. The summed E-state index contributed by atoms with van der Waals surface area (Å²) < 4.78 is 0. The summed E-state index contributed by atoms with van der Waals surface area (Å²) in [4.78, 5) is 12.6. The molecular weight excluding hydrogens is 322 g/mol. The van der Waals surface area contributed by atoms with E-state index in [1.165, 1.54) is 57.8 Å². The molecule has 0 radical (unpaired) electrons. The molecule has 26 heavy (non-hydrogen) atoms. The van der Waals surface area contributed by atoms with Gasteiger partial charge in [-0.2, -0.15) is 0 Å². The first-order valence-corrected chi connectivity index (χ1v) is 10.6. The summed E-state index contributed by atoms with van der Waals surface area (Å²) in [6.07, 6.45) is 14.1. The maximum Gasteiger partial charge on any atom is 0.170 e. The number of benzene rings is 1. The first kappa shape index (κ1) is 22.9. The number of hydrogen-bond donors (Lipinski definition) is 2. The predicted octanol–water partition coefficient (Wildman–Crippen LogP) is 5.49. The highest BCUT2D eigenvalue weighted by molar-refractivity contribution is 5.89. The molecule has 0 amide bonds. The fourth-order valence-electron chi connectivity index (χ4n) is 3.51. The lowest BCUT2D eigenvalue weighted by Crippen LogP contribution is -2.49. The minimum Gasteiger partial charge on any atom is -0.376 e. The predicted molar refractivity (Wildman–Crippen MR) is 110 cm³/mol. The van der Waals surface area contributed by atoms with Crippen molar-refractivity contribution in [1.29, 1.82) is 0 Å². The Bertz CT molecular complexity index is 486. The smallest absolute Gasteiger partial charge is 0.170 e. The molecule has 3 nitrogen and oxygen atoms in total. The van der Waals surface area contributed by atoms with Crippen molar-refractivity contribution in [2.24, 2.45) is 5.73 Å². The zero-order chi connectivity index (χ0) is 19.3. The average molecular weight is 362 g/mol. The monoisotopic (exact) mass is 361 g/mol. The highest BCUT2D eigenvalue weighted by atomic mass is 16.3. The summed E-state index contributed by atoms with van der Waals surface area (Å²) in [5.74, 6) is -0.158. The highest BCUT2D eigenvalue weighted by Crippen LogP contribution is 2.27. The molecule has 1 rings (SSSR count). The van der Waals surface area contributed by atoms with E-state index < -0.39 is 11.6 Å². The van der Waals surface area contributed by atoms with Gasteiger partial charge in [0.15, 0.2) is 11.4 Å². The Balaban J connectivity index is 2.22. The van der Waals surface area contributed by atoms with Crippen LogP contribution in [0.4, 0.5) is 0 Å². The van der Waals surface area contributed by atoms with Gasteiger partial charge < -0.3 is 10.8 Å². The SMILES string of the molecule is CCCCCCCCCCCCCC(=O)C(O)(c1ccccc1)C(C)N. The van der Waals surface area contributed by atoms with Crippen molar-refractivity contribution < 1.29 is 9.90 Å². The van der Waals surface area contributed by atoms with Crippen molar-refractivity contribution in [3.05, 3.63) is 35.9 Å². The van der Waals surface area contributed by atoms with Gasteiger partial charge in [0.1, 0.15) is 0 Å². The molecule has 1 aromatic rings. The Labute approximate surface area is 160 Å². The van der Waals surface area contributed by atoms with Gasteiger partial charge in [0.2, 0.25) is 0 Å². The second kappa shape index (κ2) is 13.1. The topological polar surface area (TPSA) is 63.3 Å². The lowest BCUT2D eigenvalue weighted by Gasteiger charge is -2.31. The first-order chi connectivity index (χ1) is 12.5. The van der Waals surface area contributed by atoms with E-state index in [1.54, 1.807) is 19.1 Å². The van der Waals surface area contributed by atoms with E-state index in [0.29, 0.717) is 12.0 Å². The molecule has 0 aliphatic rings. The van der Waals surface area contributed by atoms with Crippen LogP contribution in [0.15, 0.2) is 30.3 Å². The molecule has 0 spiro atoms. The molecule has 0 aliphatic heterocycles. The van der Waals surface area contributed by atoms with Crippen molar-refractivity contribution in [3.63, 3.8) is 0 Å². The Morgan fingerprint density at radius 2 is 1.38 bits per heavy atom. The summed E-state index contributed by atoms with van der Waals surface area (Å²) in [6.45, 7) is 3.95. The maximum atomic E-state index is 12.6. The highest BCUT2D eigenvalue weighted by Gasteiger charge is 2.40. The van der Waals surface area contributed by atoms with Crippen molar-refractivity contribution in [2.75, 3.05) is 0 Å². The molecule has 0 fully saturated rings. The van der Waals surface area contributed by atoms with Gasteiger partial charge >= 0.3 is 0 Å². The van der Waals surface area contributed by atoms with E-state index in [2.05, 4.69) is 6.92 Å². The second-order valence-corrected chi connectivity index (χ2v) is 7.63. The Kier molecular flexibility index (Phi) is 11.5. The lowest BCUT2D eigenvalue weighted by atomic mass is 9.82. The molecule has 0 aliphatic carbocycles. The number of nitrogens with two attached hydrogens (primary N) is 1. The maximum absolute atomic E-state index is 12.6. The van der Waals surface area contributed by atoms with E-state index in [1.807, 2.05) is 18.2 Å². The van der Waals surface area contributed by atoms with Crippen molar-refractivity contribution in [1.82, 2.24) is 0 Å². The summed E-state index contributed by atoms with van der Waals surface area (Å²) in [5, 5.41) is 10.9. The van der Waals surface area contributed by atoms with Gasteiger partial charge in [-0.05, 0) is 18.9 Å². The standard InChI is InChI=1S/C23H39NO2/c1-3-4-5-6-7-8-9-10-11-12-16-19-22(25)23(26,20(2)24)21-17-14-13-15-18-21/h13-15,17-18,20,26H,3-12,16,19,24H2,1-2H3. The van der Waals surface area contributed by atoms with Crippen molar-refractivity contribution in [3.8, 4) is 0 Å². The van der Waals surface area contributed by atoms with Gasteiger partial charge in [-0.1, -0.05) is 101 Å². The number of unbranched alkanes of at least 4 members (excludes halogenated alkanes) is 10. The van der Waals surface area contributed by atoms with Crippen LogP contribution in [0, 0.1) is 0 Å². The van der Waals surface area contributed by atoms with Crippen molar-refractivity contribution >= 4 is 5.78 Å². The Morgan fingerprint density at radius 3 is 1.85 bits per heavy atom. The molecule has 0 saturated heterocycles. The summed E-state index contributed by atoms with van der Waals surface area (Å²) >= 11 is 0. The van der Waals surface area contributed by atoms with Gasteiger partial charge in [0.25, 0.3) is 0 Å². The molecule has 2 atom stereocenters. The molecule has 0 saturated carbocycles. The van der Waals surface area contributed by atoms with Gasteiger partial charge in [0.05, 0.1) is 0 Å². The molecule has 3 N–H and O–H groups in total. The van der Waals surface area contributed by atoms with E-state index in [0.717, 1.165) is 12.8 Å². The molecule has 0 bridgehead atoms. The third-order valence-electron chi connectivity index (χ3n) is 5.31. The zero-order valence-electron chi connectivity index (χ0n) is 16.9. The fraction of sp³-hybridized carbons (Fsp3) is 0.696. The minimum atomic E-state index is -1.57. The van der Waals surface area contributed by atoms with Crippen LogP contribution in [0.1, 0.15) is 96.5 Å². The molecule has 148 valence electrons. The largest absolute Gasteiger partial charge is 0.376 e. The summed E-state index contributed by atoms with van der Waals surface area (Å²) in [7, 11) is 0. The normalized spacial score (nSPS) is 14.8. The van der Waals surface area contributed by atoms with Crippen LogP contribution in [0.3, 0.4) is 0 Å². The number of rotatable bonds is 15. The van der Waals surface area contributed by atoms with Gasteiger partial charge in [0, 0.05) is 12.5 Å². The summed E-state index contributed by atoms with van der Waals surface area (Å²) in [6, 6.07) is 8.48. The number of aliphatic hydroxyl groups is 1. The van der Waals surface area contributed by atoms with Crippen LogP contribution in [0.25, 0.3) is 0 Å². The van der Waals surface area contributed by atoms with Gasteiger partial charge in [-0.25, -0.2) is 0 Å². The molecule has 2 unspecified atom stereocenters. The number of carbonyl (C=O) groups is 1. The number of carbonyl (C=O) groups excluding carboxylic acids is 1. The molecule has 0 aromatic heterocycles. The van der Waals surface area contributed by atoms with E-state index in [9.17, 15) is 9.90 Å². The fourth-order valence-corrected chi connectivity index (χ4v) is 3.51. The molecular formula is C23H39NO2. The number of ketones is 1. The lowest BCUT2D eigenvalue weighted by molar-refractivity contribution is -0.140. The third-order valence-corrected chi connectivity index (χ3v) is 5.31. The van der Waals surface area contributed by atoms with Crippen LogP contribution in [0.2, 0.25) is 0 Å².